The Kier molecular flexibility index (Phi) is 5.35. The molecule has 1 aromatic carbocycles. The van der Waals surface area contributed by atoms with Gasteiger partial charge in [-0.05, 0) is 49.4 Å². The summed E-state index contributed by atoms with van der Waals surface area (Å²) in [6.07, 6.45) is 4.89. The molecule has 1 aromatic rings. The lowest BCUT2D eigenvalue weighted by atomic mass is 9.86. The monoisotopic (exact) mass is 292 g/mol. The molecule has 0 bridgehead atoms. The van der Waals surface area contributed by atoms with Crippen molar-refractivity contribution in [3.8, 4) is 0 Å². The van der Waals surface area contributed by atoms with Gasteiger partial charge in [0.15, 0.2) is 0 Å². The molecule has 4 heteroatoms. The fourth-order valence-electron chi connectivity index (χ4n) is 2.76. The number of nitrogens with one attached hydrogen (secondary N) is 1. The van der Waals surface area contributed by atoms with Crippen LogP contribution < -0.4 is 11.1 Å². The van der Waals surface area contributed by atoms with Crippen molar-refractivity contribution in [1.82, 2.24) is 5.32 Å². The van der Waals surface area contributed by atoms with Gasteiger partial charge in [0.1, 0.15) is 0 Å². The summed E-state index contributed by atoms with van der Waals surface area (Å²) in [4.78, 5) is 13.2. The van der Waals surface area contributed by atoms with E-state index in [0.29, 0.717) is 17.7 Å². The zero-order chi connectivity index (χ0) is 14.5. The topological polar surface area (TPSA) is 55.1 Å². The zero-order valence-corrected chi connectivity index (χ0v) is 13.1. The number of carbonyl (C=O) groups excluding carboxylic acids is 1. The summed E-state index contributed by atoms with van der Waals surface area (Å²) in [5.74, 6) is 1.23. The van der Waals surface area contributed by atoms with Gasteiger partial charge in [-0.15, -0.1) is 11.8 Å². The molecule has 3 nitrogen and oxygen atoms in total. The van der Waals surface area contributed by atoms with Crippen molar-refractivity contribution in [2.75, 3.05) is 11.5 Å². The smallest absolute Gasteiger partial charge is 0.230 e. The molecule has 1 aliphatic carbocycles. The van der Waals surface area contributed by atoms with E-state index in [9.17, 15) is 4.79 Å². The van der Waals surface area contributed by atoms with Crippen LogP contribution in [-0.4, -0.2) is 17.7 Å². The first-order valence-electron chi connectivity index (χ1n) is 7.34. The molecule has 0 heterocycles. The lowest BCUT2D eigenvalue weighted by Gasteiger charge is -2.29. The number of amides is 1. The summed E-state index contributed by atoms with van der Waals surface area (Å²) in [5.41, 5.74) is 7.64. The minimum atomic E-state index is 0.143. The van der Waals surface area contributed by atoms with Gasteiger partial charge in [-0.2, -0.15) is 0 Å². The van der Waals surface area contributed by atoms with E-state index >= 15 is 0 Å². The van der Waals surface area contributed by atoms with Crippen molar-refractivity contribution >= 4 is 23.4 Å². The minimum absolute atomic E-state index is 0.143. The van der Waals surface area contributed by atoms with Crippen LogP contribution in [0.3, 0.4) is 0 Å². The van der Waals surface area contributed by atoms with Crippen LogP contribution in [0.5, 0.6) is 0 Å². The quantitative estimate of drug-likeness (QED) is 0.661. The number of carbonyl (C=O) groups is 1. The number of hydrogen-bond acceptors (Lipinski definition) is 3. The fraction of sp³-hybridized carbons (Fsp3) is 0.562. The maximum Gasteiger partial charge on any atom is 0.230 e. The molecule has 3 N–H and O–H groups in total. The van der Waals surface area contributed by atoms with Gasteiger partial charge in [0, 0.05) is 16.6 Å². The van der Waals surface area contributed by atoms with E-state index in [2.05, 4.69) is 12.2 Å². The Morgan fingerprint density at radius 2 is 2.15 bits per heavy atom. The SMILES string of the molecule is Cc1cc(N)ccc1SCC(=O)NC1CCCCC1C. The number of thioether (sulfide) groups is 1. The Balaban J connectivity index is 1.82. The van der Waals surface area contributed by atoms with Crippen molar-refractivity contribution < 1.29 is 4.79 Å². The largest absolute Gasteiger partial charge is 0.399 e. The number of nitrogen functional groups attached to an aromatic ring is 1. The van der Waals surface area contributed by atoms with Gasteiger partial charge in [-0.3, -0.25) is 4.79 Å². The van der Waals surface area contributed by atoms with Crippen LogP contribution in [0.2, 0.25) is 0 Å². The van der Waals surface area contributed by atoms with Gasteiger partial charge in [0.2, 0.25) is 5.91 Å². The van der Waals surface area contributed by atoms with E-state index in [-0.39, 0.29) is 5.91 Å². The van der Waals surface area contributed by atoms with E-state index < -0.39 is 0 Å². The summed E-state index contributed by atoms with van der Waals surface area (Å²) in [6, 6.07) is 6.19. The summed E-state index contributed by atoms with van der Waals surface area (Å²) < 4.78 is 0. The summed E-state index contributed by atoms with van der Waals surface area (Å²) in [5, 5.41) is 3.19. The summed E-state index contributed by atoms with van der Waals surface area (Å²) in [6.45, 7) is 4.27. The summed E-state index contributed by atoms with van der Waals surface area (Å²) in [7, 11) is 0. The summed E-state index contributed by atoms with van der Waals surface area (Å²) >= 11 is 1.59. The Hall–Kier alpha value is -1.16. The Bertz CT molecular complexity index is 476. The zero-order valence-electron chi connectivity index (χ0n) is 12.3. The number of benzene rings is 1. The number of anilines is 1. The first-order valence-corrected chi connectivity index (χ1v) is 8.33. The predicted octanol–water partition coefficient (Wildman–Crippen LogP) is 3.36. The second-order valence-electron chi connectivity index (χ2n) is 5.75. The Morgan fingerprint density at radius 1 is 1.40 bits per heavy atom. The highest BCUT2D eigenvalue weighted by atomic mass is 32.2. The van der Waals surface area contributed by atoms with Crippen molar-refractivity contribution in [2.45, 2.75) is 50.5 Å². The van der Waals surface area contributed by atoms with Crippen molar-refractivity contribution in [3.05, 3.63) is 23.8 Å². The highest BCUT2D eigenvalue weighted by Crippen LogP contribution is 2.26. The van der Waals surface area contributed by atoms with Crippen LogP contribution in [0.25, 0.3) is 0 Å². The molecule has 2 unspecified atom stereocenters. The molecule has 1 saturated carbocycles. The van der Waals surface area contributed by atoms with Crippen molar-refractivity contribution in [1.29, 1.82) is 0 Å². The van der Waals surface area contributed by atoms with E-state index in [1.165, 1.54) is 19.3 Å². The molecule has 0 aromatic heterocycles. The third kappa shape index (κ3) is 4.17. The molecule has 1 amide bonds. The van der Waals surface area contributed by atoms with Crippen LogP contribution >= 0.6 is 11.8 Å². The van der Waals surface area contributed by atoms with Crippen molar-refractivity contribution in [3.63, 3.8) is 0 Å². The lowest BCUT2D eigenvalue weighted by molar-refractivity contribution is -0.119. The normalized spacial score (nSPS) is 22.5. The van der Waals surface area contributed by atoms with Crippen LogP contribution in [-0.2, 0) is 4.79 Å². The van der Waals surface area contributed by atoms with Gasteiger partial charge in [-0.25, -0.2) is 0 Å². The molecule has 0 aliphatic heterocycles. The van der Waals surface area contributed by atoms with Gasteiger partial charge in [0.05, 0.1) is 5.75 Å². The van der Waals surface area contributed by atoms with E-state index in [0.717, 1.165) is 22.6 Å². The van der Waals surface area contributed by atoms with Crippen LogP contribution in [0.4, 0.5) is 5.69 Å². The van der Waals surface area contributed by atoms with Crippen LogP contribution in [0.15, 0.2) is 23.1 Å². The third-order valence-corrected chi connectivity index (χ3v) is 5.19. The lowest BCUT2D eigenvalue weighted by Crippen LogP contribution is -2.41. The number of nitrogens with two attached hydrogens (primary N) is 1. The number of aryl methyl sites for hydroxylation is 1. The van der Waals surface area contributed by atoms with E-state index in [1.807, 2.05) is 25.1 Å². The van der Waals surface area contributed by atoms with Gasteiger partial charge >= 0.3 is 0 Å². The maximum atomic E-state index is 12.1. The first-order chi connectivity index (χ1) is 9.56. The maximum absolute atomic E-state index is 12.1. The Morgan fingerprint density at radius 3 is 2.85 bits per heavy atom. The molecular formula is C16H24N2OS. The number of rotatable bonds is 4. The Labute approximate surface area is 125 Å². The van der Waals surface area contributed by atoms with Crippen LogP contribution in [0.1, 0.15) is 38.2 Å². The number of hydrogen-bond donors (Lipinski definition) is 2. The molecule has 2 rings (SSSR count). The second kappa shape index (κ2) is 7.02. The second-order valence-corrected chi connectivity index (χ2v) is 6.77. The molecule has 1 aliphatic rings. The molecule has 20 heavy (non-hydrogen) atoms. The fourth-order valence-corrected chi connectivity index (χ4v) is 3.58. The van der Waals surface area contributed by atoms with Gasteiger partial charge < -0.3 is 11.1 Å². The molecule has 0 spiro atoms. The predicted molar refractivity (Wildman–Crippen MR) is 85.9 cm³/mol. The molecule has 1 fully saturated rings. The molecule has 110 valence electrons. The van der Waals surface area contributed by atoms with Crippen molar-refractivity contribution in [2.24, 2.45) is 5.92 Å². The van der Waals surface area contributed by atoms with E-state index in [4.69, 9.17) is 5.73 Å². The molecule has 0 saturated heterocycles. The molecule has 2 atom stereocenters. The third-order valence-electron chi connectivity index (χ3n) is 4.02. The first kappa shape index (κ1) is 15.2. The van der Waals surface area contributed by atoms with Gasteiger partial charge in [0.25, 0.3) is 0 Å². The van der Waals surface area contributed by atoms with E-state index in [1.54, 1.807) is 11.8 Å². The highest BCUT2D eigenvalue weighted by Gasteiger charge is 2.22. The van der Waals surface area contributed by atoms with Gasteiger partial charge in [-0.1, -0.05) is 19.8 Å². The molecule has 0 radical (unpaired) electrons. The van der Waals surface area contributed by atoms with Crippen LogP contribution in [0, 0.1) is 12.8 Å². The highest BCUT2D eigenvalue weighted by molar-refractivity contribution is 8.00. The molecular weight excluding hydrogens is 268 g/mol. The standard InChI is InChI=1S/C16H24N2OS/c1-11-5-3-4-6-14(11)18-16(19)10-20-15-8-7-13(17)9-12(15)2/h7-9,11,14H,3-6,10,17H2,1-2H3,(H,18,19). The average Bonchev–Trinajstić information content (AvgIpc) is 2.40. The minimum Gasteiger partial charge on any atom is -0.399 e. The average molecular weight is 292 g/mol.